The van der Waals surface area contributed by atoms with Crippen LogP contribution in [-0.4, -0.2) is 38.3 Å². The molecule has 7 heteroatoms. The first-order valence-electron chi connectivity index (χ1n) is 9.69. The number of nitrogens with one attached hydrogen (secondary N) is 1. The molecule has 0 fully saturated rings. The van der Waals surface area contributed by atoms with E-state index >= 15 is 0 Å². The molecule has 1 aromatic heterocycles. The maximum absolute atomic E-state index is 12.5. The fraction of sp³-hybridized carbons (Fsp3) is 0.304. The Bertz CT molecular complexity index is 1070. The molecule has 0 spiro atoms. The number of hydrogen-bond donors (Lipinski definition) is 1. The minimum Gasteiger partial charge on any atom is -0.493 e. The molecule has 1 heterocycles. The van der Waals surface area contributed by atoms with E-state index in [4.69, 9.17) is 25.8 Å². The number of ether oxygens (including phenoxy) is 3. The van der Waals surface area contributed by atoms with Crippen LogP contribution in [0.4, 0.5) is 5.69 Å². The molecule has 3 aromatic rings. The molecule has 1 N–H and O–H groups in total. The highest BCUT2D eigenvalue weighted by atomic mass is 35.5. The number of carbonyl (C=O) groups excluding carboxylic acids is 1. The van der Waals surface area contributed by atoms with Crippen LogP contribution in [-0.2, 0) is 11.2 Å². The molecule has 2 aromatic carbocycles. The van der Waals surface area contributed by atoms with Crippen molar-refractivity contribution in [1.82, 2.24) is 4.98 Å². The van der Waals surface area contributed by atoms with Gasteiger partial charge in [0.2, 0.25) is 0 Å². The van der Waals surface area contributed by atoms with E-state index in [1.165, 1.54) is 0 Å². The molecule has 0 saturated heterocycles. The third kappa shape index (κ3) is 4.60. The molecular weight excluding hydrogens is 404 g/mol. The molecule has 0 aliphatic heterocycles. The second kappa shape index (κ2) is 9.67. The Balaban J connectivity index is 1.91. The van der Waals surface area contributed by atoms with Gasteiger partial charge in [-0.15, -0.1) is 0 Å². The predicted octanol–water partition coefficient (Wildman–Crippen LogP) is 5.05. The van der Waals surface area contributed by atoms with Crippen molar-refractivity contribution in [2.24, 2.45) is 0 Å². The van der Waals surface area contributed by atoms with Gasteiger partial charge in [0.05, 0.1) is 32.0 Å². The van der Waals surface area contributed by atoms with Crippen LogP contribution in [0.1, 0.15) is 28.4 Å². The number of carbonyl (C=O) groups is 1. The summed E-state index contributed by atoms with van der Waals surface area (Å²) in [5.74, 6) is 0.946. The molecule has 0 radical (unpaired) electrons. The quantitative estimate of drug-likeness (QED) is 0.506. The summed E-state index contributed by atoms with van der Waals surface area (Å²) in [6, 6.07) is 9.48. The van der Waals surface area contributed by atoms with Gasteiger partial charge in [-0.1, -0.05) is 17.7 Å². The van der Waals surface area contributed by atoms with Gasteiger partial charge in [-0.2, -0.15) is 0 Å². The van der Waals surface area contributed by atoms with Crippen molar-refractivity contribution in [1.29, 1.82) is 0 Å². The van der Waals surface area contributed by atoms with Gasteiger partial charge < -0.3 is 19.5 Å². The number of fused-ring (bicyclic) bond motifs is 1. The standard InChI is InChI=1S/C23H25ClN2O4/c1-5-30-23(27)18-13-26-21-14(2)10-16(24)12-17(21)22(18)25-9-8-15-6-7-19(28-3)20(11-15)29-4/h6-7,10-13H,5,8-9H2,1-4H3,(H,25,26). The number of anilines is 1. The molecule has 0 unspecified atom stereocenters. The molecule has 0 saturated carbocycles. The molecule has 0 atom stereocenters. The number of rotatable bonds is 8. The third-order valence-electron chi connectivity index (χ3n) is 4.79. The average Bonchev–Trinajstić information content (AvgIpc) is 2.73. The highest BCUT2D eigenvalue weighted by Gasteiger charge is 2.18. The molecule has 0 amide bonds. The van der Waals surface area contributed by atoms with E-state index < -0.39 is 5.97 Å². The molecule has 30 heavy (non-hydrogen) atoms. The summed E-state index contributed by atoms with van der Waals surface area (Å²) in [4.78, 5) is 17.0. The van der Waals surface area contributed by atoms with Gasteiger partial charge in [0.25, 0.3) is 0 Å². The fourth-order valence-corrected chi connectivity index (χ4v) is 3.63. The minimum atomic E-state index is -0.418. The zero-order chi connectivity index (χ0) is 21.7. The number of aromatic nitrogens is 1. The van der Waals surface area contributed by atoms with E-state index in [0.717, 1.165) is 22.0 Å². The molecule has 158 valence electrons. The fourth-order valence-electron chi connectivity index (χ4n) is 3.36. The van der Waals surface area contributed by atoms with E-state index in [1.807, 2.05) is 37.3 Å². The van der Waals surface area contributed by atoms with Gasteiger partial charge in [0.1, 0.15) is 5.56 Å². The molecule has 0 aliphatic rings. The lowest BCUT2D eigenvalue weighted by Crippen LogP contribution is -2.13. The summed E-state index contributed by atoms with van der Waals surface area (Å²) < 4.78 is 15.9. The van der Waals surface area contributed by atoms with Crippen molar-refractivity contribution < 1.29 is 19.0 Å². The Morgan fingerprint density at radius 2 is 1.90 bits per heavy atom. The van der Waals surface area contributed by atoms with E-state index in [-0.39, 0.29) is 6.61 Å². The first kappa shape index (κ1) is 21.7. The van der Waals surface area contributed by atoms with E-state index in [0.29, 0.717) is 40.7 Å². The SMILES string of the molecule is CCOC(=O)c1cnc2c(C)cc(Cl)cc2c1NCCc1ccc(OC)c(OC)c1. The van der Waals surface area contributed by atoms with Crippen LogP contribution in [0.3, 0.4) is 0 Å². The lowest BCUT2D eigenvalue weighted by atomic mass is 10.1. The summed E-state index contributed by atoms with van der Waals surface area (Å²) in [5, 5.41) is 4.77. The smallest absolute Gasteiger partial charge is 0.341 e. The molecule has 6 nitrogen and oxygen atoms in total. The highest BCUT2D eigenvalue weighted by Crippen LogP contribution is 2.32. The van der Waals surface area contributed by atoms with Crippen LogP contribution in [0.2, 0.25) is 5.02 Å². The van der Waals surface area contributed by atoms with Gasteiger partial charge in [-0.3, -0.25) is 4.98 Å². The molecule has 0 bridgehead atoms. The van der Waals surface area contributed by atoms with Crippen molar-refractivity contribution in [2.45, 2.75) is 20.3 Å². The van der Waals surface area contributed by atoms with E-state index in [1.54, 1.807) is 27.3 Å². The van der Waals surface area contributed by atoms with Crippen LogP contribution in [0.25, 0.3) is 10.9 Å². The summed E-state index contributed by atoms with van der Waals surface area (Å²) in [5.41, 5.74) is 3.87. The normalized spacial score (nSPS) is 10.7. The Morgan fingerprint density at radius 3 is 2.60 bits per heavy atom. The number of halogens is 1. The van der Waals surface area contributed by atoms with Crippen molar-refractivity contribution in [2.75, 3.05) is 32.7 Å². The Labute approximate surface area is 181 Å². The maximum atomic E-state index is 12.5. The predicted molar refractivity (Wildman–Crippen MR) is 119 cm³/mol. The van der Waals surface area contributed by atoms with Crippen molar-refractivity contribution in [3.8, 4) is 11.5 Å². The largest absolute Gasteiger partial charge is 0.493 e. The van der Waals surface area contributed by atoms with Crippen LogP contribution < -0.4 is 14.8 Å². The monoisotopic (exact) mass is 428 g/mol. The van der Waals surface area contributed by atoms with Crippen molar-refractivity contribution in [3.63, 3.8) is 0 Å². The summed E-state index contributed by atoms with van der Waals surface area (Å²) in [6.45, 7) is 4.60. The van der Waals surface area contributed by atoms with E-state index in [9.17, 15) is 4.79 Å². The Kier molecular flexibility index (Phi) is 7.00. The average molecular weight is 429 g/mol. The number of esters is 1. The van der Waals surface area contributed by atoms with Crippen molar-refractivity contribution >= 4 is 34.2 Å². The first-order chi connectivity index (χ1) is 14.5. The van der Waals surface area contributed by atoms with Crippen LogP contribution in [0, 0.1) is 6.92 Å². The van der Waals surface area contributed by atoms with Crippen LogP contribution in [0.5, 0.6) is 11.5 Å². The number of hydrogen-bond acceptors (Lipinski definition) is 6. The van der Waals surface area contributed by atoms with Gasteiger partial charge in [0, 0.05) is 23.2 Å². The summed E-state index contributed by atoms with van der Waals surface area (Å²) in [6.07, 6.45) is 2.27. The second-order valence-electron chi connectivity index (χ2n) is 6.75. The molecule has 3 rings (SSSR count). The third-order valence-corrected chi connectivity index (χ3v) is 5.00. The second-order valence-corrected chi connectivity index (χ2v) is 7.19. The Morgan fingerprint density at radius 1 is 1.13 bits per heavy atom. The van der Waals surface area contributed by atoms with Gasteiger partial charge in [-0.05, 0) is 55.7 Å². The number of aryl methyl sites for hydroxylation is 1. The summed E-state index contributed by atoms with van der Waals surface area (Å²) >= 11 is 6.28. The van der Waals surface area contributed by atoms with Crippen molar-refractivity contribution in [3.05, 3.63) is 58.2 Å². The van der Waals surface area contributed by atoms with E-state index in [2.05, 4.69) is 10.3 Å². The molecule has 0 aliphatic carbocycles. The number of pyridine rings is 1. The van der Waals surface area contributed by atoms with Gasteiger partial charge >= 0.3 is 5.97 Å². The molecular formula is C23H25ClN2O4. The highest BCUT2D eigenvalue weighted by molar-refractivity contribution is 6.31. The summed E-state index contributed by atoms with van der Waals surface area (Å²) in [7, 11) is 3.22. The topological polar surface area (TPSA) is 69.7 Å². The lowest BCUT2D eigenvalue weighted by Gasteiger charge is -2.16. The minimum absolute atomic E-state index is 0.288. The maximum Gasteiger partial charge on any atom is 0.341 e. The first-order valence-corrected chi connectivity index (χ1v) is 10.1. The number of methoxy groups -OCH3 is 2. The van der Waals surface area contributed by atoms with Crippen LogP contribution in [0.15, 0.2) is 36.5 Å². The number of nitrogens with zero attached hydrogens (tertiary/aromatic N) is 1. The lowest BCUT2D eigenvalue weighted by molar-refractivity contribution is 0.0527. The Hall–Kier alpha value is -2.99. The van der Waals surface area contributed by atoms with Crippen LogP contribution >= 0.6 is 11.6 Å². The number of benzene rings is 2. The zero-order valence-corrected chi connectivity index (χ0v) is 18.3. The zero-order valence-electron chi connectivity index (χ0n) is 17.5. The van der Waals surface area contributed by atoms with Gasteiger partial charge in [-0.25, -0.2) is 4.79 Å². The van der Waals surface area contributed by atoms with Gasteiger partial charge in [0.15, 0.2) is 11.5 Å².